The van der Waals surface area contributed by atoms with E-state index in [1.165, 1.54) is 80.9 Å². The van der Waals surface area contributed by atoms with Crippen molar-refractivity contribution in [1.82, 2.24) is 16.0 Å². The first-order valence-electron chi connectivity index (χ1n) is 24.2. The van der Waals surface area contributed by atoms with Crippen LogP contribution in [-0.4, -0.2) is 43.0 Å². The Hall–Kier alpha value is -2.70. The van der Waals surface area contributed by atoms with Crippen LogP contribution in [0.15, 0.2) is 54.6 Å². The van der Waals surface area contributed by atoms with E-state index >= 15 is 4.79 Å². The lowest BCUT2D eigenvalue weighted by Crippen LogP contribution is -2.66. The van der Waals surface area contributed by atoms with Gasteiger partial charge in [0.2, 0.25) is 11.8 Å². The maximum atomic E-state index is 15.2. The minimum absolute atomic E-state index is 0.0542. The quantitative estimate of drug-likeness (QED) is 0.173. The van der Waals surface area contributed by atoms with Crippen LogP contribution in [0.3, 0.4) is 0 Å². The number of carbonyl (C=O) groups excluding carboxylic acids is 2. The van der Waals surface area contributed by atoms with Crippen molar-refractivity contribution >= 4 is 11.8 Å². The molecule has 9 aliphatic rings. The first-order chi connectivity index (χ1) is 28.0. The molecule has 2 aromatic rings. The van der Waals surface area contributed by atoms with Crippen molar-refractivity contribution in [3.63, 3.8) is 0 Å². The van der Waals surface area contributed by atoms with Crippen LogP contribution in [0.5, 0.6) is 0 Å². The molecule has 58 heavy (non-hydrogen) atoms. The van der Waals surface area contributed by atoms with Crippen molar-refractivity contribution in [1.29, 1.82) is 0 Å². The van der Waals surface area contributed by atoms with E-state index in [0.29, 0.717) is 47.1 Å². The molecule has 0 aromatic heterocycles. The van der Waals surface area contributed by atoms with Gasteiger partial charge in [-0.2, -0.15) is 0 Å². The summed E-state index contributed by atoms with van der Waals surface area (Å²) in [6.45, 7) is 6.74. The topological polar surface area (TPSA) is 96.2 Å². The van der Waals surface area contributed by atoms with Crippen molar-refractivity contribution in [2.75, 3.05) is 13.1 Å². The lowest BCUT2D eigenvalue weighted by atomic mass is 9.35. The summed E-state index contributed by atoms with van der Waals surface area (Å²) in [7, 11) is 0. The molecular formula is C52H74N4O2. The molecule has 0 spiro atoms. The molecule has 1 heterocycles. The Morgan fingerprint density at radius 1 is 0.810 bits per heavy atom. The highest BCUT2D eigenvalue weighted by atomic mass is 16.2. The first kappa shape index (κ1) is 39.4. The van der Waals surface area contributed by atoms with Gasteiger partial charge in [-0.15, -0.1) is 0 Å². The van der Waals surface area contributed by atoms with Crippen LogP contribution in [0.4, 0.5) is 0 Å². The summed E-state index contributed by atoms with van der Waals surface area (Å²) in [5.41, 5.74) is 10.1. The summed E-state index contributed by atoms with van der Waals surface area (Å²) < 4.78 is 0. The van der Waals surface area contributed by atoms with Gasteiger partial charge in [0.15, 0.2) is 0 Å². The first-order valence-corrected chi connectivity index (χ1v) is 24.2. The second-order valence-electron chi connectivity index (χ2n) is 22.8. The number of benzene rings is 2. The number of carbonyl (C=O) groups is 2. The van der Waals surface area contributed by atoms with Crippen LogP contribution >= 0.6 is 0 Å². The Kier molecular flexibility index (Phi) is 10.2. The number of nitrogens with one attached hydrogen (secondary N) is 3. The zero-order valence-corrected chi connectivity index (χ0v) is 36.0. The molecule has 8 unspecified atom stereocenters. The molecule has 0 radical (unpaired) electrons. The van der Waals surface area contributed by atoms with E-state index < -0.39 is 5.41 Å². The van der Waals surface area contributed by atoms with Crippen molar-refractivity contribution in [3.05, 3.63) is 71.3 Å². The average Bonchev–Trinajstić information content (AvgIpc) is 3.84. The zero-order chi connectivity index (χ0) is 39.8. The normalized spacial score (nSPS) is 43.6. The van der Waals surface area contributed by atoms with Gasteiger partial charge in [-0.05, 0) is 185 Å². The molecule has 2 amide bonds. The molecule has 314 valence electrons. The fraction of sp³-hybridized carbons (Fsp3) is 0.731. The Morgan fingerprint density at radius 3 is 2.34 bits per heavy atom. The standard InChI is InChI=1S/C52H74N4O2/c1-3-20-49-21-7-8-37(25-49)26-50(33-49,46(57)56-44-24-38-23-43(44)54-30-38)22-19-35-11-15-39(16-12-35)45-40-27-48(2)31-51(28-40,41-9-5-4-6-10-41)34-52(45,32-48)47(58)55-42-17-13-36(29-53)14-18-42/h4-6,9-12,15-16,36-38,40,42-45,54H,3,7-8,13-14,17-34,53H2,1-2H3,(H,55,58)(H,56,57)/t36-,37?,38?,40?,42+,43?,44?,45?,48-,49+,50?,51-,52?/m1/s1. The highest BCUT2D eigenvalue weighted by molar-refractivity contribution is 5.85. The maximum Gasteiger partial charge on any atom is 0.227 e. The third-order valence-electron chi connectivity index (χ3n) is 18.6. The van der Waals surface area contributed by atoms with Gasteiger partial charge in [-0.25, -0.2) is 0 Å². The number of hydrogen-bond donors (Lipinski definition) is 4. The second-order valence-corrected chi connectivity index (χ2v) is 22.8. The average molecular weight is 787 g/mol. The van der Waals surface area contributed by atoms with Crippen molar-refractivity contribution in [2.24, 2.45) is 51.1 Å². The van der Waals surface area contributed by atoms with Crippen LogP contribution in [0.1, 0.15) is 165 Å². The molecule has 1 aliphatic heterocycles. The van der Waals surface area contributed by atoms with E-state index in [9.17, 15) is 4.79 Å². The molecule has 1 saturated heterocycles. The maximum absolute atomic E-state index is 15.2. The van der Waals surface area contributed by atoms with Crippen molar-refractivity contribution in [2.45, 2.75) is 178 Å². The molecule has 5 N–H and O–H groups in total. The Balaban J connectivity index is 0.925. The third-order valence-corrected chi connectivity index (χ3v) is 18.6. The predicted octanol–water partition coefficient (Wildman–Crippen LogP) is 9.50. The summed E-state index contributed by atoms with van der Waals surface area (Å²) in [6.07, 6.45) is 24.0. The van der Waals surface area contributed by atoms with Crippen molar-refractivity contribution < 1.29 is 9.59 Å². The summed E-state index contributed by atoms with van der Waals surface area (Å²) in [5, 5.41) is 11.1. The van der Waals surface area contributed by atoms with Gasteiger partial charge in [0, 0.05) is 24.0 Å². The molecular weight excluding hydrogens is 713 g/mol. The number of rotatable bonds is 12. The molecule has 8 saturated carbocycles. The van der Waals surface area contributed by atoms with Gasteiger partial charge in [-0.3, -0.25) is 9.59 Å². The van der Waals surface area contributed by atoms with E-state index in [4.69, 9.17) is 5.73 Å². The number of hydrogen-bond acceptors (Lipinski definition) is 4. The molecule has 9 fully saturated rings. The molecule has 8 aliphatic carbocycles. The number of aryl methyl sites for hydroxylation is 1. The fourth-order valence-corrected chi connectivity index (χ4v) is 16.8. The monoisotopic (exact) mass is 787 g/mol. The molecule has 8 bridgehead atoms. The SMILES string of the molecule is CCC[C@@]12CCCC(CC(CCc3ccc(C4C5C[C@@]6(C)CC4(C(=O)N[C@H]4CC[C@@H](CN)CC4)C[C@@](c4ccccc4)(C5)C6)cc3)(C(=O)NC3CC4CNC3C4)C1)C2. The lowest BCUT2D eigenvalue weighted by molar-refractivity contribution is -0.168. The van der Waals surface area contributed by atoms with Crippen LogP contribution in [0.2, 0.25) is 0 Å². The molecule has 2 aromatic carbocycles. The van der Waals surface area contributed by atoms with Gasteiger partial charge >= 0.3 is 0 Å². The Morgan fingerprint density at radius 2 is 1.62 bits per heavy atom. The van der Waals surface area contributed by atoms with Crippen LogP contribution in [-0.2, 0) is 21.4 Å². The molecule has 6 heteroatoms. The van der Waals surface area contributed by atoms with Gasteiger partial charge in [-0.1, -0.05) is 87.7 Å². The molecule has 6 nitrogen and oxygen atoms in total. The minimum atomic E-state index is -0.416. The van der Waals surface area contributed by atoms with E-state index in [1.54, 1.807) is 0 Å². The predicted molar refractivity (Wildman–Crippen MR) is 233 cm³/mol. The molecule has 11 atom stereocenters. The summed E-state index contributed by atoms with van der Waals surface area (Å²) >= 11 is 0. The number of amides is 2. The summed E-state index contributed by atoms with van der Waals surface area (Å²) in [4.78, 5) is 30.0. The van der Waals surface area contributed by atoms with Gasteiger partial charge < -0.3 is 21.7 Å². The lowest BCUT2D eigenvalue weighted by Gasteiger charge is -2.68. The minimum Gasteiger partial charge on any atom is -0.353 e. The Bertz CT molecular complexity index is 1820. The van der Waals surface area contributed by atoms with Gasteiger partial charge in [0.25, 0.3) is 0 Å². The van der Waals surface area contributed by atoms with E-state index in [1.807, 2.05) is 0 Å². The van der Waals surface area contributed by atoms with Crippen LogP contribution in [0.25, 0.3) is 0 Å². The van der Waals surface area contributed by atoms with E-state index in [-0.39, 0.29) is 28.2 Å². The number of fused-ring (bicyclic) bond motifs is 4. The fourth-order valence-electron chi connectivity index (χ4n) is 16.8. The number of nitrogens with two attached hydrogens (primary N) is 1. The largest absolute Gasteiger partial charge is 0.353 e. The van der Waals surface area contributed by atoms with Crippen molar-refractivity contribution in [3.8, 4) is 0 Å². The number of piperidine rings is 1. The summed E-state index contributed by atoms with van der Waals surface area (Å²) in [5.74, 6) is 3.41. The Labute approximate surface area is 349 Å². The smallest absolute Gasteiger partial charge is 0.227 e. The highest BCUT2D eigenvalue weighted by Crippen LogP contribution is 2.74. The van der Waals surface area contributed by atoms with E-state index in [0.717, 1.165) is 89.6 Å². The van der Waals surface area contributed by atoms with Crippen LogP contribution in [0, 0.1) is 45.3 Å². The second kappa shape index (κ2) is 15.0. The third kappa shape index (κ3) is 6.91. The zero-order valence-electron chi connectivity index (χ0n) is 36.0. The molecule has 11 rings (SSSR count). The van der Waals surface area contributed by atoms with Gasteiger partial charge in [0.1, 0.15) is 0 Å². The van der Waals surface area contributed by atoms with Crippen LogP contribution < -0.4 is 21.7 Å². The summed E-state index contributed by atoms with van der Waals surface area (Å²) in [6, 6.07) is 21.9. The van der Waals surface area contributed by atoms with Gasteiger partial charge in [0.05, 0.1) is 10.8 Å². The van der Waals surface area contributed by atoms with E-state index in [2.05, 4.69) is 84.4 Å². The highest BCUT2D eigenvalue weighted by Gasteiger charge is 2.69.